The standard InChI is InChI=1S/C9H12BrNO2.C4HBrO3/c1-9(2,3)5-11-7(12)4-6(10)8(11)13;5-2-1-3(6)8-4(2)7/h4H,5H2,1-3H3;1H. The Morgan fingerprint density at radius 1 is 1.05 bits per heavy atom. The van der Waals surface area contributed by atoms with Crippen LogP contribution in [0, 0.1) is 5.41 Å². The van der Waals surface area contributed by atoms with Gasteiger partial charge in [-0.15, -0.1) is 0 Å². The largest absolute Gasteiger partial charge is 0.386 e. The Kier molecular flexibility index (Phi) is 5.63. The highest BCUT2D eigenvalue weighted by Gasteiger charge is 2.32. The minimum absolute atomic E-state index is 0.0588. The molecule has 8 heteroatoms. The number of carbonyl (C=O) groups excluding carboxylic acids is 4. The second-order valence-corrected chi connectivity index (χ2v) is 7.19. The molecular weight excluding hydrogens is 410 g/mol. The van der Waals surface area contributed by atoms with Crippen LogP contribution in [0.5, 0.6) is 0 Å². The summed E-state index contributed by atoms with van der Waals surface area (Å²) in [6.45, 7) is 6.41. The van der Waals surface area contributed by atoms with Crippen molar-refractivity contribution in [3.05, 3.63) is 21.1 Å². The molecule has 0 atom stereocenters. The summed E-state index contributed by atoms with van der Waals surface area (Å²) in [5.41, 5.74) is -0.0588. The smallest absolute Gasteiger partial charge is 0.353 e. The molecule has 2 rings (SSSR count). The molecule has 0 saturated carbocycles. The van der Waals surface area contributed by atoms with Gasteiger partial charge in [-0.2, -0.15) is 0 Å². The summed E-state index contributed by atoms with van der Waals surface area (Å²) in [7, 11) is 0. The summed E-state index contributed by atoms with van der Waals surface area (Å²) in [6.07, 6.45) is 2.40. The first-order valence-electron chi connectivity index (χ1n) is 5.87. The molecule has 0 aromatic heterocycles. The third kappa shape index (κ3) is 5.20. The van der Waals surface area contributed by atoms with Crippen molar-refractivity contribution in [2.24, 2.45) is 5.41 Å². The van der Waals surface area contributed by atoms with Gasteiger partial charge in [-0.1, -0.05) is 20.8 Å². The molecule has 2 heterocycles. The third-order valence-electron chi connectivity index (χ3n) is 2.23. The molecule has 0 spiro atoms. The molecule has 0 N–H and O–H groups in total. The summed E-state index contributed by atoms with van der Waals surface area (Å²) in [5.74, 6) is -1.69. The van der Waals surface area contributed by atoms with E-state index in [-0.39, 0.29) is 21.7 Å². The number of cyclic esters (lactones) is 2. The molecule has 21 heavy (non-hydrogen) atoms. The van der Waals surface area contributed by atoms with Gasteiger partial charge < -0.3 is 4.74 Å². The molecule has 0 aromatic rings. The van der Waals surface area contributed by atoms with Crippen LogP contribution in [0.3, 0.4) is 0 Å². The molecule has 0 saturated heterocycles. The average molecular weight is 423 g/mol. The summed E-state index contributed by atoms with van der Waals surface area (Å²) >= 11 is 5.85. The first-order valence-corrected chi connectivity index (χ1v) is 7.46. The molecule has 0 bridgehead atoms. The van der Waals surface area contributed by atoms with Gasteiger partial charge in [0.1, 0.15) is 4.48 Å². The first kappa shape index (κ1) is 17.8. The first-order chi connectivity index (χ1) is 9.51. The van der Waals surface area contributed by atoms with Crippen LogP contribution in [0.1, 0.15) is 20.8 Å². The highest BCUT2D eigenvalue weighted by Crippen LogP contribution is 2.23. The fourth-order valence-corrected chi connectivity index (χ4v) is 2.11. The van der Waals surface area contributed by atoms with E-state index in [4.69, 9.17) is 0 Å². The maximum absolute atomic E-state index is 11.4. The maximum atomic E-state index is 11.4. The lowest BCUT2D eigenvalue weighted by Gasteiger charge is -2.24. The average Bonchev–Trinajstić information content (AvgIpc) is 2.72. The predicted octanol–water partition coefficient (Wildman–Crippen LogP) is 2.03. The molecule has 2 aliphatic rings. The second-order valence-electron chi connectivity index (χ2n) is 5.48. The Labute approximate surface area is 138 Å². The zero-order valence-corrected chi connectivity index (χ0v) is 14.8. The number of halogens is 2. The molecular formula is C13H13Br2NO5. The summed E-state index contributed by atoms with van der Waals surface area (Å²) in [6, 6.07) is 0. The van der Waals surface area contributed by atoms with Gasteiger partial charge in [-0.05, 0) is 37.3 Å². The van der Waals surface area contributed by atoms with Crippen molar-refractivity contribution in [2.45, 2.75) is 20.8 Å². The summed E-state index contributed by atoms with van der Waals surface area (Å²) < 4.78 is 4.59. The van der Waals surface area contributed by atoms with Gasteiger partial charge >= 0.3 is 11.9 Å². The number of imide groups is 1. The highest BCUT2D eigenvalue weighted by atomic mass is 79.9. The fourth-order valence-electron chi connectivity index (χ4n) is 1.43. The van der Waals surface area contributed by atoms with Crippen molar-refractivity contribution >= 4 is 55.6 Å². The number of hydrogen-bond acceptors (Lipinski definition) is 5. The van der Waals surface area contributed by atoms with Gasteiger partial charge in [0, 0.05) is 18.7 Å². The topological polar surface area (TPSA) is 80.8 Å². The number of nitrogens with zero attached hydrogens (tertiary/aromatic N) is 1. The number of esters is 2. The van der Waals surface area contributed by atoms with E-state index in [1.807, 2.05) is 20.8 Å². The van der Waals surface area contributed by atoms with Crippen molar-refractivity contribution in [1.29, 1.82) is 0 Å². The number of carbonyl (C=O) groups is 4. The summed E-state index contributed by atoms with van der Waals surface area (Å²) in [4.78, 5) is 44.2. The van der Waals surface area contributed by atoms with Crippen molar-refractivity contribution in [1.82, 2.24) is 4.90 Å². The summed E-state index contributed by atoms with van der Waals surface area (Å²) in [5, 5.41) is 0. The predicted molar refractivity (Wildman–Crippen MR) is 81.3 cm³/mol. The molecule has 0 aromatic carbocycles. The lowest BCUT2D eigenvalue weighted by Crippen LogP contribution is -2.37. The van der Waals surface area contributed by atoms with E-state index in [0.29, 0.717) is 11.0 Å². The van der Waals surface area contributed by atoms with E-state index < -0.39 is 11.9 Å². The van der Waals surface area contributed by atoms with Crippen LogP contribution in [-0.2, 0) is 23.9 Å². The molecule has 2 amide bonds. The number of ether oxygens (including phenoxy) is 1. The van der Waals surface area contributed by atoms with Crippen LogP contribution in [0.25, 0.3) is 0 Å². The SMILES string of the molecule is CC(C)(C)CN1C(=O)C=C(Br)C1=O.O=C1C=C(Br)C(=O)O1. The van der Waals surface area contributed by atoms with Crippen LogP contribution in [-0.4, -0.2) is 35.2 Å². The number of hydrogen-bond donors (Lipinski definition) is 0. The van der Waals surface area contributed by atoms with E-state index in [1.165, 1.54) is 11.0 Å². The number of amides is 2. The Bertz CT molecular complexity index is 572. The minimum atomic E-state index is -0.616. The van der Waals surface area contributed by atoms with Crippen molar-refractivity contribution in [2.75, 3.05) is 6.54 Å². The second kappa shape index (κ2) is 6.65. The van der Waals surface area contributed by atoms with Crippen LogP contribution >= 0.6 is 31.9 Å². The molecule has 0 radical (unpaired) electrons. The van der Waals surface area contributed by atoms with E-state index in [1.54, 1.807) is 0 Å². The van der Waals surface area contributed by atoms with Crippen molar-refractivity contribution in [3.8, 4) is 0 Å². The maximum Gasteiger partial charge on any atom is 0.353 e. The van der Waals surface area contributed by atoms with Gasteiger partial charge in [0.2, 0.25) is 0 Å². The van der Waals surface area contributed by atoms with Crippen LogP contribution in [0.2, 0.25) is 0 Å². The fraction of sp³-hybridized carbons (Fsp3) is 0.385. The minimum Gasteiger partial charge on any atom is -0.386 e. The van der Waals surface area contributed by atoms with Gasteiger partial charge in [-0.3, -0.25) is 14.5 Å². The van der Waals surface area contributed by atoms with E-state index in [0.717, 1.165) is 6.08 Å². The van der Waals surface area contributed by atoms with E-state index >= 15 is 0 Å². The van der Waals surface area contributed by atoms with Crippen LogP contribution in [0.15, 0.2) is 21.1 Å². The zero-order chi connectivity index (χ0) is 16.4. The van der Waals surface area contributed by atoms with E-state index in [9.17, 15) is 19.2 Å². The Morgan fingerprint density at radius 2 is 1.62 bits per heavy atom. The monoisotopic (exact) mass is 421 g/mol. The molecule has 0 unspecified atom stereocenters. The Balaban J connectivity index is 0.000000235. The molecule has 2 aliphatic heterocycles. The molecule has 0 fully saturated rings. The van der Waals surface area contributed by atoms with Gasteiger partial charge in [0.15, 0.2) is 0 Å². The molecule has 0 aliphatic carbocycles. The molecule has 6 nitrogen and oxygen atoms in total. The van der Waals surface area contributed by atoms with Gasteiger partial charge in [0.25, 0.3) is 11.8 Å². The lowest BCUT2D eigenvalue weighted by atomic mass is 9.96. The van der Waals surface area contributed by atoms with Crippen molar-refractivity contribution in [3.63, 3.8) is 0 Å². The number of rotatable bonds is 1. The Morgan fingerprint density at radius 3 is 1.86 bits per heavy atom. The van der Waals surface area contributed by atoms with Crippen molar-refractivity contribution < 1.29 is 23.9 Å². The van der Waals surface area contributed by atoms with Crippen LogP contribution < -0.4 is 0 Å². The van der Waals surface area contributed by atoms with Crippen LogP contribution in [0.4, 0.5) is 0 Å². The highest BCUT2D eigenvalue weighted by molar-refractivity contribution is 9.12. The zero-order valence-electron chi connectivity index (χ0n) is 11.6. The quantitative estimate of drug-likeness (QED) is 0.367. The lowest BCUT2D eigenvalue weighted by molar-refractivity contribution is -0.150. The normalized spacial score (nSPS) is 18.2. The van der Waals surface area contributed by atoms with Gasteiger partial charge in [0.05, 0.1) is 4.48 Å². The van der Waals surface area contributed by atoms with Gasteiger partial charge in [-0.25, -0.2) is 9.59 Å². The third-order valence-corrected chi connectivity index (χ3v) is 3.35. The van der Waals surface area contributed by atoms with E-state index in [2.05, 4.69) is 36.6 Å². The molecule has 114 valence electrons. The Hall–Kier alpha value is -1.28.